The van der Waals surface area contributed by atoms with E-state index in [9.17, 15) is 0 Å². The molecule has 1 aromatic rings. The minimum Gasteiger partial charge on any atom is -0.317 e. The van der Waals surface area contributed by atoms with Gasteiger partial charge in [0.05, 0.1) is 5.69 Å². The van der Waals surface area contributed by atoms with Gasteiger partial charge >= 0.3 is 0 Å². The van der Waals surface area contributed by atoms with E-state index in [0.717, 1.165) is 25.0 Å². The third kappa shape index (κ3) is 3.57. The molecule has 1 saturated carbocycles. The van der Waals surface area contributed by atoms with E-state index in [1.165, 1.54) is 36.9 Å². The second-order valence-corrected chi connectivity index (χ2v) is 5.84. The first-order valence-electron chi connectivity index (χ1n) is 7.53. The lowest BCUT2D eigenvalue weighted by Gasteiger charge is -2.34. The Balaban J connectivity index is 1.92. The number of nitrogens with one attached hydrogen (secondary N) is 1. The van der Waals surface area contributed by atoms with Gasteiger partial charge in [0.1, 0.15) is 0 Å². The van der Waals surface area contributed by atoms with Crippen molar-refractivity contribution in [2.75, 3.05) is 14.1 Å². The van der Waals surface area contributed by atoms with Gasteiger partial charge in [0.15, 0.2) is 0 Å². The molecule has 0 atom stereocenters. The van der Waals surface area contributed by atoms with Crippen molar-refractivity contribution < 1.29 is 0 Å². The van der Waals surface area contributed by atoms with Gasteiger partial charge in [-0.3, -0.25) is 9.58 Å². The van der Waals surface area contributed by atoms with Gasteiger partial charge in [-0.2, -0.15) is 5.10 Å². The molecule has 108 valence electrons. The van der Waals surface area contributed by atoms with Crippen LogP contribution in [0.15, 0.2) is 6.20 Å². The Labute approximate surface area is 117 Å². The first-order chi connectivity index (χ1) is 9.13. The van der Waals surface area contributed by atoms with Crippen LogP contribution in [0.4, 0.5) is 0 Å². The summed E-state index contributed by atoms with van der Waals surface area (Å²) in [6.45, 7) is 3.22. The van der Waals surface area contributed by atoms with Gasteiger partial charge in [0.2, 0.25) is 0 Å². The molecule has 0 unspecified atom stereocenters. The number of aromatic nitrogens is 2. The molecule has 1 aliphatic rings. The van der Waals surface area contributed by atoms with E-state index in [0.29, 0.717) is 0 Å². The van der Waals surface area contributed by atoms with E-state index in [-0.39, 0.29) is 0 Å². The zero-order valence-corrected chi connectivity index (χ0v) is 12.8. The van der Waals surface area contributed by atoms with Crippen LogP contribution in [0.3, 0.4) is 0 Å². The van der Waals surface area contributed by atoms with Gasteiger partial charge < -0.3 is 5.32 Å². The first-order valence-corrected chi connectivity index (χ1v) is 7.53. The van der Waals surface area contributed by atoms with Crippen molar-refractivity contribution in [1.29, 1.82) is 0 Å². The van der Waals surface area contributed by atoms with Crippen LogP contribution in [0, 0.1) is 0 Å². The molecule has 1 N–H and O–H groups in total. The van der Waals surface area contributed by atoms with Crippen molar-refractivity contribution in [2.24, 2.45) is 7.05 Å². The highest BCUT2D eigenvalue weighted by molar-refractivity contribution is 5.16. The molecule has 0 aromatic carbocycles. The van der Waals surface area contributed by atoms with Crippen LogP contribution in [-0.2, 0) is 20.0 Å². The molecule has 1 aromatic heterocycles. The number of hydrogen-bond donors (Lipinski definition) is 1. The number of nitrogens with zero attached hydrogens (tertiary/aromatic N) is 3. The molecule has 0 bridgehead atoms. The van der Waals surface area contributed by atoms with Crippen molar-refractivity contribution >= 4 is 0 Å². The fourth-order valence-corrected chi connectivity index (χ4v) is 3.22. The number of hydrogen-bond acceptors (Lipinski definition) is 3. The van der Waals surface area contributed by atoms with E-state index < -0.39 is 0 Å². The zero-order chi connectivity index (χ0) is 13.8. The van der Waals surface area contributed by atoms with Crippen LogP contribution in [0.2, 0.25) is 0 Å². The van der Waals surface area contributed by atoms with Gasteiger partial charge in [-0.25, -0.2) is 0 Å². The molecule has 4 heteroatoms. The van der Waals surface area contributed by atoms with Crippen molar-refractivity contribution in [1.82, 2.24) is 20.0 Å². The Morgan fingerprint density at radius 2 is 2.05 bits per heavy atom. The van der Waals surface area contributed by atoms with Crippen LogP contribution < -0.4 is 5.32 Å². The van der Waals surface area contributed by atoms with Crippen molar-refractivity contribution in [2.45, 2.75) is 57.7 Å². The predicted molar refractivity (Wildman–Crippen MR) is 79.2 cm³/mol. The second-order valence-electron chi connectivity index (χ2n) is 5.84. The quantitative estimate of drug-likeness (QED) is 0.882. The van der Waals surface area contributed by atoms with Gasteiger partial charge in [-0.15, -0.1) is 0 Å². The molecule has 0 spiro atoms. The number of aryl methyl sites for hydroxylation is 2. The number of rotatable bonds is 5. The Morgan fingerprint density at radius 1 is 1.37 bits per heavy atom. The Kier molecular flexibility index (Phi) is 4.99. The third-order valence-corrected chi connectivity index (χ3v) is 4.47. The zero-order valence-electron chi connectivity index (χ0n) is 12.8. The summed E-state index contributed by atoms with van der Waals surface area (Å²) in [5, 5.41) is 7.94. The van der Waals surface area contributed by atoms with Crippen LogP contribution in [0.1, 0.15) is 43.9 Å². The van der Waals surface area contributed by atoms with Gasteiger partial charge in [0, 0.05) is 37.4 Å². The first kappa shape index (κ1) is 14.5. The predicted octanol–water partition coefficient (Wildman–Crippen LogP) is 1.94. The topological polar surface area (TPSA) is 33.1 Å². The van der Waals surface area contributed by atoms with Gasteiger partial charge in [0.25, 0.3) is 0 Å². The molecule has 2 rings (SSSR count). The average Bonchev–Trinajstić information content (AvgIpc) is 2.78. The second kappa shape index (κ2) is 6.53. The average molecular weight is 264 g/mol. The fraction of sp³-hybridized carbons (Fsp3) is 0.800. The Bertz CT molecular complexity index is 391. The molecule has 4 nitrogen and oxygen atoms in total. The molecule has 1 heterocycles. The van der Waals surface area contributed by atoms with Gasteiger partial charge in [-0.1, -0.05) is 6.92 Å². The van der Waals surface area contributed by atoms with E-state index in [4.69, 9.17) is 0 Å². The third-order valence-electron chi connectivity index (χ3n) is 4.47. The maximum atomic E-state index is 4.53. The molecular formula is C15H28N4. The summed E-state index contributed by atoms with van der Waals surface area (Å²) in [4.78, 5) is 2.52. The van der Waals surface area contributed by atoms with Crippen molar-refractivity contribution in [3.8, 4) is 0 Å². The maximum Gasteiger partial charge on any atom is 0.0666 e. The molecular weight excluding hydrogens is 236 g/mol. The summed E-state index contributed by atoms with van der Waals surface area (Å²) in [6.07, 6.45) is 8.43. The van der Waals surface area contributed by atoms with Gasteiger partial charge in [-0.05, 0) is 46.2 Å². The molecule has 0 radical (unpaired) electrons. The molecule has 1 aliphatic carbocycles. The van der Waals surface area contributed by atoms with E-state index >= 15 is 0 Å². The van der Waals surface area contributed by atoms with E-state index in [2.05, 4.69) is 42.5 Å². The Hall–Kier alpha value is -0.870. The smallest absolute Gasteiger partial charge is 0.0666 e. The summed E-state index contributed by atoms with van der Waals surface area (Å²) in [7, 11) is 6.36. The minimum absolute atomic E-state index is 0.731. The summed E-state index contributed by atoms with van der Waals surface area (Å²) in [6, 6.07) is 1.46. The van der Waals surface area contributed by atoms with Crippen molar-refractivity contribution in [3.63, 3.8) is 0 Å². The summed E-state index contributed by atoms with van der Waals surface area (Å²) in [5.74, 6) is 0. The normalized spacial score (nSPS) is 24.1. The largest absolute Gasteiger partial charge is 0.317 e. The molecule has 1 fully saturated rings. The van der Waals surface area contributed by atoms with Crippen molar-refractivity contribution in [3.05, 3.63) is 17.5 Å². The highest BCUT2D eigenvalue weighted by Gasteiger charge is 2.23. The molecule has 0 aliphatic heterocycles. The molecule has 0 amide bonds. The van der Waals surface area contributed by atoms with E-state index in [1.807, 2.05) is 11.7 Å². The van der Waals surface area contributed by atoms with Crippen LogP contribution in [0.25, 0.3) is 0 Å². The standard InChI is InChI=1S/C15H28N4/c1-5-15-12(11-19(4)17-15)10-18(3)14-8-6-13(16-2)7-9-14/h11,13-14,16H,5-10H2,1-4H3. The maximum absolute atomic E-state index is 4.53. The van der Waals surface area contributed by atoms with Crippen LogP contribution >= 0.6 is 0 Å². The summed E-state index contributed by atoms with van der Waals surface area (Å²) in [5.41, 5.74) is 2.64. The van der Waals surface area contributed by atoms with Crippen LogP contribution in [-0.4, -0.2) is 40.9 Å². The summed E-state index contributed by atoms with van der Waals surface area (Å²) < 4.78 is 1.94. The fourth-order valence-electron chi connectivity index (χ4n) is 3.22. The highest BCUT2D eigenvalue weighted by Crippen LogP contribution is 2.23. The van der Waals surface area contributed by atoms with E-state index in [1.54, 1.807) is 0 Å². The molecule has 19 heavy (non-hydrogen) atoms. The highest BCUT2D eigenvalue weighted by atomic mass is 15.3. The lowest BCUT2D eigenvalue weighted by Crippen LogP contribution is -2.39. The van der Waals surface area contributed by atoms with Crippen LogP contribution in [0.5, 0.6) is 0 Å². The minimum atomic E-state index is 0.731. The lowest BCUT2D eigenvalue weighted by atomic mass is 9.90. The lowest BCUT2D eigenvalue weighted by molar-refractivity contribution is 0.169. The monoisotopic (exact) mass is 264 g/mol. The molecule has 0 saturated heterocycles. The Morgan fingerprint density at radius 3 is 2.63 bits per heavy atom. The summed E-state index contributed by atoms with van der Waals surface area (Å²) >= 11 is 0. The SMILES string of the molecule is CCc1nn(C)cc1CN(C)C1CCC(NC)CC1.